The third-order valence-electron chi connectivity index (χ3n) is 4.45. The molecule has 0 radical (unpaired) electrons. The summed E-state index contributed by atoms with van der Waals surface area (Å²) in [5, 5.41) is 13.4. The van der Waals surface area contributed by atoms with Gasteiger partial charge in [0.1, 0.15) is 6.33 Å². The van der Waals surface area contributed by atoms with Crippen LogP contribution < -0.4 is 5.32 Å². The van der Waals surface area contributed by atoms with Gasteiger partial charge in [0.05, 0.1) is 18.0 Å². The average Bonchev–Trinajstić information content (AvgIpc) is 3.09. The number of amides is 1. The van der Waals surface area contributed by atoms with Gasteiger partial charge in [-0.3, -0.25) is 4.79 Å². The summed E-state index contributed by atoms with van der Waals surface area (Å²) in [5.74, 6) is -1.84. The third kappa shape index (κ3) is 4.34. The van der Waals surface area contributed by atoms with Gasteiger partial charge in [0, 0.05) is 6.04 Å². The number of nitrogens with one attached hydrogen (secondary N) is 1. The molecular weight excluding hydrogens is 335 g/mol. The Morgan fingerprint density at radius 2 is 1.92 bits per heavy atom. The number of carbonyl (C=O) groups excluding carboxylic acids is 1. The van der Waals surface area contributed by atoms with Crippen molar-refractivity contribution in [2.75, 3.05) is 0 Å². The Bertz CT molecular complexity index is 700. The molecule has 1 aliphatic carbocycles. The first-order valence-electron chi connectivity index (χ1n) is 8.12. The lowest BCUT2D eigenvalue weighted by molar-refractivity contribution is -0.189. The van der Waals surface area contributed by atoms with E-state index in [4.69, 9.17) is 0 Å². The summed E-state index contributed by atoms with van der Waals surface area (Å²) in [6.07, 6.45) is -1.08. The van der Waals surface area contributed by atoms with Crippen LogP contribution in [0, 0.1) is 5.92 Å². The molecule has 1 amide bonds. The summed E-state index contributed by atoms with van der Waals surface area (Å²) in [6, 6.07) is 6.13. The van der Waals surface area contributed by atoms with Crippen LogP contribution in [-0.2, 0) is 11.2 Å². The molecule has 1 aromatic heterocycles. The molecule has 6 nitrogen and oxygen atoms in total. The molecule has 0 bridgehead atoms. The standard InChI is InChI=1S/C16H18F3N5O/c17-16(18,19)13-3-1-2-4-14(13)21-15(25)9-11-5-7-12(8-6-11)24-10-20-22-23-24/h5-8,10,13-14H,1-4,9H2,(H,21,25)/t13-,14+/m0/s1. The number of rotatable bonds is 4. The number of hydrogen-bond acceptors (Lipinski definition) is 4. The van der Waals surface area contributed by atoms with E-state index < -0.39 is 24.0 Å². The topological polar surface area (TPSA) is 72.7 Å². The van der Waals surface area contributed by atoms with Crippen LogP contribution in [0.5, 0.6) is 0 Å². The van der Waals surface area contributed by atoms with Gasteiger partial charge in [0.25, 0.3) is 0 Å². The molecular formula is C16H18F3N5O. The molecule has 134 valence electrons. The number of halogens is 3. The molecule has 0 unspecified atom stereocenters. The van der Waals surface area contributed by atoms with Gasteiger partial charge in [-0.2, -0.15) is 13.2 Å². The minimum atomic E-state index is -4.27. The van der Waals surface area contributed by atoms with E-state index in [1.165, 1.54) is 11.0 Å². The Balaban J connectivity index is 1.60. The zero-order valence-electron chi connectivity index (χ0n) is 13.4. The van der Waals surface area contributed by atoms with Crippen molar-refractivity contribution >= 4 is 5.91 Å². The van der Waals surface area contributed by atoms with Gasteiger partial charge in [-0.25, -0.2) is 4.68 Å². The maximum atomic E-state index is 13.1. The Labute approximate surface area is 142 Å². The number of tetrazole rings is 1. The number of hydrogen-bond donors (Lipinski definition) is 1. The normalized spacial score (nSPS) is 21.1. The van der Waals surface area contributed by atoms with E-state index in [0.29, 0.717) is 24.8 Å². The van der Waals surface area contributed by atoms with Crippen molar-refractivity contribution in [1.29, 1.82) is 0 Å². The van der Waals surface area contributed by atoms with Crippen LogP contribution in [0.4, 0.5) is 13.2 Å². The second-order valence-electron chi connectivity index (χ2n) is 6.20. The fraction of sp³-hybridized carbons (Fsp3) is 0.500. The SMILES string of the molecule is O=C(Cc1ccc(-n2cnnn2)cc1)N[C@@H]1CCCC[C@@H]1C(F)(F)F. The number of carbonyl (C=O) groups is 1. The smallest absolute Gasteiger partial charge is 0.352 e. The number of nitrogens with zero attached hydrogens (tertiary/aromatic N) is 4. The molecule has 9 heteroatoms. The lowest BCUT2D eigenvalue weighted by atomic mass is 9.84. The Morgan fingerprint density at radius 3 is 2.56 bits per heavy atom. The molecule has 0 saturated heterocycles. The van der Waals surface area contributed by atoms with E-state index in [-0.39, 0.29) is 12.8 Å². The van der Waals surface area contributed by atoms with E-state index in [9.17, 15) is 18.0 Å². The zero-order valence-corrected chi connectivity index (χ0v) is 13.4. The van der Waals surface area contributed by atoms with Gasteiger partial charge in [-0.1, -0.05) is 25.0 Å². The van der Waals surface area contributed by atoms with Crippen molar-refractivity contribution in [3.63, 3.8) is 0 Å². The molecule has 0 spiro atoms. The van der Waals surface area contributed by atoms with Crippen molar-refractivity contribution in [3.8, 4) is 5.69 Å². The van der Waals surface area contributed by atoms with E-state index in [2.05, 4.69) is 20.8 Å². The fourth-order valence-corrected chi connectivity index (χ4v) is 3.18. The third-order valence-corrected chi connectivity index (χ3v) is 4.45. The zero-order chi connectivity index (χ0) is 17.9. The molecule has 1 saturated carbocycles. The van der Waals surface area contributed by atoms with Crippen LogP contribution in [0.2, 0.25) is 0 Å². The van der Waals surface area contributed by atoms with Gasteiger partial charge in [-0.05, 0) is 41.0 Å². The van der Waals surface area contributed by atoms with Crippen molar-refractivity contribution < 1.29 is 18.0 Å². The lowest BCUT2D eigenvalue weighted by Gasteiger charge is -2.33. The lowest BCUT2D eigenvalue weighted by Crippen LogP contribution is -2.48. The minimum absolute atomic E-state index is 0.0387. The van der Waals surface area contributed by atoms with E-state index in [0.717, 1.165) is 5.69 Å². The largest absolute Gasteiger partial charge is 0.393 e. The predicted octanol–water partition coefficient (Wildman–Crippen LogP) is 2.44. The molecule has 1 fully saturated rings. The molecule has 2 atom stereocenters. The Hall–Kier alpha value is -2.45. The van der Waals surface area contributed by atoms with Crippen LogP contribution in [0.3, 0.4) is 0 Å². The molecule has 25 heavy (non-hydrogen) atoms. The number of benzene rings is 1. The molecule has 1 N–H and O–H groups in total. The Morgan fingerprint density at radius 1 is 1.20 bits per heavy atom. The summed E-state index contributed by atoms with van der Waals surface area (Å²) in [4.78, 5) is 12.2. The van der Waals surface area contributed by atoms with Gasteiger partial charge in [0.15, 0.2) is 0 Å². The van der Waals surface area contributed by atoms with Crippen LogP contribution in [0.25, 0.3) is 5.69 Å². The number of aromatic nitrogens is 4. The van der Waals surface area contributed by atoms with Crippen LogP contribution in [0.1, 0.15) is 31.2 Å². The van der Waals surface area contributed by atoms with E-state index >= 15 is 0 Å². The maximum absolute atomic E-state index is 13.1. The molecule has 3 rings (SSSR count). The van der Waals surface area contributed by atoms with Crippen molar-refractivity contribution in [1.82, 2.24) is 25.5 Å². The van der Waals surface area contributed by atoms with Gasteiger partial charge in [-0.15, -0.1) is 5.10 Å². The monoisotopic (exact) mass is 353 g/mol. The van der Waals surface area contributed by atoms with Crippen molar-refractivity contribution in [2.24, 2.45) is 5.92 Å². The molecule has 1 aromatic carbocycles. The summed E-state index contributed by atoms with van der Waals surface area (Å²) in [7, 11) is 0. The molecule has 0 aliphatic heterocycles. The van der Waals surface area contributed by atoms with E-state index in [1.807, 2.05) is 0 Å². The highest BCUT2D eigenvalue weighted by atomic mass is 19.4. The highest BCUT2D eigenvalue weighted by Crippen LogP contribution is 2.37. The summed E-state index contributed by atoms with van der Waals surface area (Å²) < 4.78 is 40.7. The maximum Gasteiger partial charge on any atom is 0.393 e. The van der Waals surface area contributed by atoms with Gasteiger partial charge in [0.2, 0.25) is 5.91 Å². The van der Waals surface area contributed by atoms with Crippen LogP contribution in [0.15, 0.2) is 30.6 Å². The first-order chi connectivity index (χ1) is 11.9. The predicted molar refractivity (Wildman–Crippen MR) is 82.8 cm³/mol. The van der Waals surface area contributed by atoms with Crippen LogP contribution >= 0.6 is 0 Å². The average molecular weight is 353 g/mol. The second kappa shape index (κ2) is 7.20. The minimum Gasteiger partial charge on any atom is -0.352 e. The highest BCUT2D eigenvalue weighted by Gasteiger charge is 2.45. The first kappa shape index (κ1) is 17.4. The van der Waals surface area contributed by atoms with Crippen LogP contribution in [-0.4, -0.2) is 38.3 Å². The first-order valence-corrected chi connectivity index (χ1v) is 8.12. The highest BCUT2D eigenvalue weighted by molar-refractivity contribution is 5.79. The molecule has 2 aromatic rings. The summed E-state index contributed by atoms with van der Waals surface area (Å²) >= 11 is 0. The van der Waals surface area contributed by atoms with Gasteiger partial charge >= 0.3 is 6.18 Å². The van der Waals surface area contributed by atoms with Crippen molar-refractivity contribution in [2.45, 2.75) is 44.3 Å². The molecule has 1 aliphatic rings. The fourth-order valence-electron chi connectivity index (χ4n) is 3.18. The summed E-state index contributed by atoms with van der Waals surface area (Å²) in [6.45, 7) is 0. The molecule has 1 heterocycles. The van der Waals surface area contributed by atoms with E-state index in [1.54, 1.807) is 24.3 Å². The second-order valence-corrected chi connectivity index (χ2v) is 6.20. The number of alkyl halides is 3. The van der Waals surface area contributed by atoms with Gasteiger partial charge < -0.3 is 5.32 Å². The summed E-state index contributed by atoms with van der Waals surface area (Å²) in [5.41, 5.74) is 1.45. The quantitative estimate of drug-likeness (QED) is 0.916. The Kier molecular flexibility index (Phi) is 5.00. The van der Waals surface area contributed by atoms with Crippen molar-refractivity contribution in [3.05, 3.63) is 36.2 Å².